The van der Waals surface area contributed by atoms with Crippen LogP contribution in [0.4, 0.5) is 0 Å². The molecule has 0 aliphatic rings. The van der Waals surface area contributed by atoms with Crippen molar-refractivity contribution < 1.29 is 13.5 Å². The van der Waals surface area contributed by atoms with E-state index in [-0.39, 0.29) is 6.61 Å². The molecule has 0 unspecified atom stereocenters. The van der Waals surface area contributed by atoms with Crippen LogP contribution >= 0.6 is 11.6 Å². The first-order valence-electron chi connectivity index (χ1n) is 5.46. The number of halogens is 1. The van der Waals surface area contributed by atoms with E-state index in [0.717, 1.165) is 11.0 Å². The van der Waals surface area contributed by atoms with Gasteiger partial charge in [-0.25, -0.2) is 12.7 Å². The van der Waals surface area contributed by atoms with Gasteiger partial charge in [0.1, 0.15) is 0 Å². The van der Waals surface area contributed by atoms with E-state index in [1.54, 1.807) is 24.3 Å². The van der Waals surface area contributed by atoms with Crippen molar-refractivity contribution >= 4 is 27.7 Å². The summed E-state index contributed by atoms with van der Waals surface area (Å²) in [6.07, 6.45) is 1.94. The standard InChI is InChI=1S/C12H16ClNO3S/c1-14(8-2-9-15)18(16,17)10-7-11-3-5-12(13)6-4-11/h3-7,10,15H,2,8-9H2,1H3/b10-7+. The molecule has 1 rings (SSSR count). The molecule has 0 aliphatic heterocycles. The van der Waals surface area contributed by atoms with Crippen molar-refractivity contribution in [1.29, 1.82) is 0 Å². The van der Waals surface area contributed by atoms with Crippen molar-refractivity contribution in [3.63, 3.8) is 0 Å². The van der Waals surface area contributed by atoms with Crippen molar-refractivity contribution in [2.45, 2.75) is 6.42 Å². The van der Waals surface area contributed by atoms with Gasteiger partial charge >= 0.3 is 0 Å². The predicted octanol–water partition coefficient (Wildman–Crippen LogP) is 1.95. The molecular weight excluding hydrogens is 274 g/mol. The van der Waals surface area contributed by atoms with Gasteiger partial charge in [0.15, 0.2) is 0 Å². The molecule has 0 bridgehead atoms. The minimum atomic E-state index is -3.43. The summed E-state index contributed by atoms with van der Waals surface area (Å²) in [5.74, 6) is 0. The minimum absolute atomic E-state index is 0.0270. The fourth-order valence-corrected chi connectivity index (χ4v) is 2.31. The van der Waals surface area contributed by atoms with E-state index in [1.165, 1.54) is 17.4 Å². The van der Waals surface area contributed by atoms with Gasteiger partial charge in [-0.1, -0.05) is 23.7 Å². The summed E-state index contributed by atoms with van der Waals surface area (Å²) in [5.41, 5.74) is 0.763. The highest BCUT2D eigenvalue weighted by Crippen LogP contribution is 2.12. The van der Waals surface area contributed by atoms with Gasteiger partial charge in [-0.05, 0) is 30.2 Å². The Hall–Kier alpha value is -0.880. The molecule has 0 heterocycles. The number of aliphatic hydroxyl groups excluding tert-OH is 1. The van der Waals surface area contributed by atoms with Crippen LogP contribution in [0.5, 0.6) is 0 Å². The Labute approximate surface area is 113 Å². The largest absolute Gasteiger partial charge is 0.396 e. The molecule has 0 atom stereocenters. The van der Waals surface area contributed by atoms with Gasteiger partial charge in [0, 0.05) is 30.6 Å². The summed E-state index contributed by atoms with van der Waals surface area (Å²) < 4.78 is 24.8. The lowest BCUT2D eigenvalue weighted by atomic mass is 10.2. The van der Waals surface area contributed by atoms with Crippen molar-refractivity contribution in [2.75, 3.05) is 20.2 Å². The fourth-order valence-electron chi connectivity index (χ4n) is 1.26. The normalized spacial score (nSPS) is 12.4. The molecule has 4 nitrogen and oxygen atoms in total. The average molecular weight is 290 g/mol. The van der Waals surface area contributed by atoms with E-state index < -0.39 is 10.0 Å². The van der Waals surface area contributed by atoms with Crippen LogP contribution in [0.1, 0.15) is 12.0 Å². The number of rotatable bonds is 6. The third-order valence-electron chi connectivity index (χ3n) is 2.37. The zero-order chi connectivity index (χ0) is 13.6. The lowest BCUT2D eigenvalue weighted by Gasteiger charge is -2.13. The van der Waals surface area contributed by atoms with E-state index in [2.05, 4.69) is 0 Å². The molecule has 0 fully saturated rings. The average Bonchev–Trinajstić information content (AvgIpc) is 2.35. The van der Waals surface area contributed by atoms with Crippen molar-refractivity contribution in [3.05, 3.63) is 40.3 Å². The molecule has 0 saturated heterocycles. The van der Waals surface area contributed by atoms with E-state index in [0.29, 0.717) is 18.0 Å². The van der Waals surface area contributed by atoms with Crippen LogP contribution in [-0.4, -0.2) is 38.0 Å². The van der Waals surface area contributed by atoms with Crippen LogP contribution in [0.2, 0.25) is 5.02 Å². The second-order valence-electron chi connectivity index (χ2n) is 3.80. The molecule has 0 saturated carbocycles. The van der Waals surface area contributed by atoms with E-state index in [4.69, 9.17) is 16.7 Å². The van der Waals surface area contributed by atoms with Crippen LogP contribution in [0.25, 0.3) is 6.08 Å². The number of hydrogen-bond acceptors (Lipinski definition) is 3. The molecular formula is C12H16ClNO3S. The van der Waals surface area contributed by atoms with Gasteiger partial charge in [0.05, 0.1) is 0 Å². The maximum atomic E-state index is 11.8. The maximum absolute atomic E-state index is 11.8. The first kappa shape index (κ1) is 15.2. The van der Waals surface area contributed by atoms with Crippen molar-refractivity contribution in [2.24, 2.45) is 0 Å². The molecule has 1 N–H and O–H groups in total. The highest BCUT2D eigenvalue weighted by atomic mass is 35.5. The maximum Gasteiger partial charge on any atom is 0.235 e. The third kappa shape index (κ3) is 4.78. The number of nitrogens with zero attached hydrogens (tertiary/aromatic N) is 1. The van der Waals surface area contributed by atoms with Gasteiger partial charge in [0.2, 0.25) is 10.0 Å². The van der Waals surface area contributed by atoms with Crippen LogP contribution in [0.3, 0.4) is 0 Å². The molecule has 6 heteroatoms. The highest BCUT2D eigenvalue weighted by molar-refractivity contribution is 7.92. The van der Waals surface area contributed by atoms with Gasteiger partial charge < -0.3 is 5.11 Å². The van der Waals surface area contributed by atoms with Gasteiger partial charge in [-0.2, -0.15) is 0 Å². The molecule has 0 spiro atoms. The first-order valence-corrected chi connectivity index (χ1v) is 7.34. The van der Waals surface area contributed by atoms with Crippen LogP contribution in [-0.2, 0) is 10.0 Å². The second-order valence-corrected chi connectivity index (χ2v) is 6.16. The summed E-state index contributed by atoms with van der Waals surface area (Å²) in [4.78, 5) is 0. The molecule has 0 amide bonds. The molecule has 0 aromatic heterocycles. The summed E-state index contributed by atoms with van der Waals surface area (Å²) in [6, 6.07) is 6.87. The molecule has 1 aromatic rings. The van der Waals surface area contributed by atoms with Crippen LogP contribution in [0, 0.1) is 0 Å². The highest BCUT2D eigenvalue weighted by Gasteiger charge is 2.12. The summed E-state index contributed by atoms with van der Waals surface area (Å²) in [6.45, 7) is 0.268. The Morgan fingerprint density at radius 1 is 1.33 bits per heavy atom. The van der Waals surface area contributed by atoms with Gasteiger partial charge in [0.25, 0.3) is 0 Å². The third-order valence-corrected chi connectivity index (χ3v) is 4.15. The molecule has 0 radical (unpaired) electrons. The van der Waals surface area contributed by atoms with E-state index in [9.17, 15) is 8.42 Å². The number of hydrogen-bond donors (Lipinski definition) is 1. The molecule has 18 heavy (non-hydrogen) atoms. The number of benzene rings is 1. The lowest BCUT2D eigenvalue weighted by molar-refractivity contribution is 0.276. The molecule has 1 aromatic carbocycles. The lowest BCUT2D eigenvalue weighted by Crippen LogP contribution is -2.26. The predicted molar refractivity (Wildman–Crippen MR) is 73.7 cm³/mol. The number of sulfonamides is 1. The van der Waals surface area contributed by atoms with Gasteiger partial charge in [-0.15, -0.1) is 0 Å². The van der Waals surface area contributed by atoms with E-state index in [1.807, 2.05) is 0 Å². The van der Waals surface area contributed by atoms with Crippen LogP contribution in [0.15, 0.2) is 29.7 Å². The SMILES string of the molecule is CN(CCCO)S(=O)(=O)/C=C/c1ccc(Cl)cc1. The monoisotopic (exact) mass is 289 g/mol. The number of aliphatic hydroxyl groups is 1. The quantitative estimate of drug-likeness (QED) is 0.871. The summed E-state index contributed by atoms with van der Waals surface area (Å²) in [7, 11) is -1.95. The fraction of sp³-hybridized carbons (Fsp3) is 0.333. The second kappa shape index (κ2) is 6.89. The Morgan fingerprint density at radius 2 is 1.94 bits per heavy atom. The Bertz CT molecular complexity index is 497. The Balaban J connectivity index is 2.73. The minimum Gasteiger partial charge on any atom is -0.396 e. The zero-order valence-electron chi connectivity index (χ0n) is 10.1. The first-order chi connectivity index (χ1) is 8.45. The summed E-state index contributed by atoms with van der Waals surface area (Å²) >= 11 is 5.74. The van der Waals surface area contributed by atoms with Crippen molar-refractivity contribution in [1.82, 2.24) is 4.31 Å². The van der Waals surface area contributed by atoms with Crippen molar-refractivity contribution in [3.8, 4) is 0 Å². The Morgan fingerprint density at radius 3 is 2.50 bits per heavy atom. The molecule has 100 valence electrons. The zero-order valence-corrected chi connectivity index (χ0v) is 11.7. The summed E-state index contributed by atoms with van der Waals surface area (Å²) in [5, 5.41) is 10.4. The smallest absolute Gasteiger partial charge is 0.235 e. The molecule has 0 aliphatic carbocycles. The van der Waals surface area contributed by atoms with Crippen LogP contribution < -0.4 is 0 Å². The van der Waals surface area contributed by atoms with Gasteiger partial charge in [-0.3, -0.25) is 0 Å². The topological polar surface area (TPSA) is 57.6 Å². The van der Waals surface area contributed by atoms with E-state index >= 15 is 0 Å². The Kier molecular flexibility index (Phi) is 5.81.